The number of ether oxygens (including phenoxy) is 1. The van der Waals surface area contributed by atoms with Crippen molar-refractivity contribution in [2.75, 3.05) is 31.9 Å². The number of methoxy groups -OCH3 is 1. The monoisotopic (exact) mass is 363 g/mol. The highest BCUT2D eigenvalue weighted by Crippen LogP contribution is 2.26. The molecule has 0 unspecified atom stereocenters. The summed E-state index contributed by atoms with van der Waals surface area (Å²) in [5.74, 6) is 6.79. The molecule has 2 rings (SSSR count). The lowest BCUT2D eigenvalue weighted by Crippen LogP contribution is -2.28. The average molecular weight is 363 g/mol. The Morgan fingerprint density at radius 1 is 1.28 bits per heavy atom. The van der Waals surface area contributed by atoms with Gasteiger partial charge in [-0.2, -0.15) is 0 Å². The van der Waals surface area contributed by atoms with Gasteiger partial charge in [0.25, 0.3) is 0 Å². The SMILES string of the molecule is COCCNC(=O)CSc1nnc(-c2ccc(C(C)(C)C)cc2)n1N. The maximum absolute atomic E-state index is 11.7. The van der Waals surface area contributed by atoms with E-state index in [0.717, 1.165) is 5.56 Å². The van der Waals surface area contributed by atoms with Gasteiger partial charge in [0, 0.05) is 19.2 Å². The van der Waals surface area contributed by atoms with E-state index < -0.39 is 0 Å². The van der Waals surface area contributed by atoms with Crippen LogP contribution >= 0.6 is 11.8 Å². The Bertz CT molecular complexity index is 707. The van der Waals surface area contributed by atoms with E-state index in [0.29, 0.717) is 24.1 Å². The summed E-state index contributed by atoms with van der Waals surface area (Å²) in [6, 6.07) is 8.11. The average Bonchev–Trinajstić information content (AvgIpc) is 2.93. The highest BCUT2D eigenvalue weighted by molar-refractivity contribution is 7.99. The van der Waals surface area contributed by atoms with E-state index in [1.807, 2.05) is 12.1 Å². The number of amides is 1. The standard InChI is InChI=1S/C17H25N5O2S/c1-17(2,3)13-7-5-12(6-8-13)15-20-21-16(22(15)18)25-11-14(23)19-9-10-24-4/h5-8H,9-11,18H2,1-4H3,(H,19,23). The number of nitrogens with zero attached hydrogens (tertiary/aromatic N) is 3. The predicted octanol–water partition coefficient (Wildman–Crippen LogP) is 1.81. The number of carbonyl (C=O) groups is 1. The number of rotatable bonds is 7. The van der Waals surface area contributed by atoms with Crippen LogP contribution in [0, 0.1) is 0 Å². The minimum absolute atomic E-state index is 0.0894. The van der Waals surface area contributed by atoms with Crippen LogP contribution in [0.2, 0.25) is 0 Å². The maximum atomic E-state index is 11.7. The van der Waals surface area contributed by atoms with Crippen molar-refractivity contribution in [3.05, 3.63) is 29.8 Å². The van der Waals surface area contributed by atoms with Gasteiger partial charge < -0.3 is 15.9 Å². The zero-order valence-corrected chi connectivity index (χ0v) is 15.9. The van der Waals surface area contributed by atoms with Crippen LogP contribution in [0.25, 0.3) is 11.4 Å². The van der Waals surface area contributed by atoms with Crippen molar-refractivity contribution in [3.8, 4) is 11.4 Å². The first-order valence-electron chi connectivity index (χ1n) is 8.02. The summed E-state index contributed by atoms with van der Waals surface area (Å²) in [7, 11) is 1.59. The van der Waals surface area contributed by atoms with Crippen LogP contribution in [0.1, 0.15) is 26.3 Å². The molecule has 0 aliphatic rings. The Hall–Kier alpha value is -2.06. The minimum Gasteiger partial charge on any atom is -0.383 e. The minimum atomic E-state index is -0.0962. The lowest BCUT2D eigenvalue weighted by atomic mass is 9.87. The maximum Gasteiger partial charge on any atom is 0.230 e. The molecule has 0 spiro atoms. The Morgan fingerprint density at radius 2 is 1.96 bits per heavy atom. The van der Waals surface area contributed by atoms with Crippen LogP contribution in [0.4, 0.5) is 0 Å². The molecule has 0 aliphatic carbocycles. The predicted molar refractivity (Wildman–Crippen MR) is 99.9 cm³/mol. The van der Waals surface area contributed by atoms with Crippen LogP contribution in [0.15, 0.2) is 29.4 Å². The molecular formula is C17H25N5O2S. The smallest absolute Gasteiger partial charge is 0.230 e. The number of benzene rings is 1. The lowest BCUT2D eigenvalue weighted by molar-refractivity contribution is -0.118. The molecule has 1 amide bonds. The summed E-state index contributed by atoms with van der Waals surface area (Å²) in [5, 5.41) is 11.5. The van der Waals surface area contributed by atoms with E-state index in [1.165, 1.54) is 22.0 Å². The van der Waals surface area contributed by atoms with Gasteiger partial charge in [-0.25, -0.2) is 4.68 Å². The number of nitrogen functional groups attached to an aromatic ring is 1. The third-order valence-electron chi connectivity index (χ3n) is 3.63. The Morgan fingerprint density at radius 3 is 2.56 bits per heavy atom. The molecule has 0 fully saturated rings. The van der Waals surface area contributed by atoms with E-state index in [4.69, 9.17) is 10.6 Å². The van der Waals surface area contributed by atoms with Crippen molar-refractivity contribution in [1.82, 2.24) is 20.2 Å². The van der Waals surface area contributed by atoms with Crippen molar-refractivity contribution in [2.24, 2.45) is 0 Å². The third kappa shape index (κ3) is 5.20. The zero-order chi connectivity index (χ0) is 18.4. The second-order valence-electron chi connectivity index (χ2n) is 6.63. The van der Waals surface area contributed by atoms with Crippen LogP contribution in [0.3, 0.4) is 0 Å². The summed E-state index contributed by atoms with van der Waals surface area (Å²) >= 11 is 1.25. The zero-order valence-electron chi connectivity index (χ0n) is 15.1. The van der Waals surface area contributed by atoms with E-state index >= 15 is 0 Å². The quantitative estimate of drug-likeness (QED) is 0.443. The topological polar surface area (TPSA) is 95.1 Å². The summed E-state index contributed by atoms with van der Waals surface area (Å²) < 4.78 is 6.30. The number of nitrogens with one attached hydrogen (secondary N) is 1. The molecule has 1 aromatic heterocycles. The van der Waals surface area contributed by atoms with Gasteiger partial charge in [-0.1, -0.05) is 56.8 Å². The molecule has 0 radical (unpaired) electrons. The molecule has 0 aliphatic heterocycles. The number of nitrogens with two attached hydrogens (primary N) is 1. The molecular weight excluding hydrogens is 338 g/mol. The van der Waals surface area contributed by atoms with E-state index in [2.05, 4.69) is 48.4 Å². The van der Waals surface area contributed by atoms with Crippen LogP contribution in [-0.4, -0.2) is 46.8 Å². The molecule has 0 saturated carbocycles. The summed E-state index contributed by atoms with van der Waals surface area (Å²) in [6.45, 7) is 7.47. The van der Waals surface area contributed by atoms with Crippen molar-refractivity contribution < 1.29 is 9.53 Å². The fraction of sp³-hybridized carbons (Fsp3) is 0.471. The van der Waals surface area contributed by atoms with Crippen LogP contribution in [-0.2, 0) is 14.9 Å². The van der Waals surface area contributed by atoms with Crippen molar-refractivity contribution in [1.29, 1.82) is 0 Å². The molecule has 0 atom stereocenters. The number of thioether (sulfide) groups is 1. The van der Waals surface area contributed by atoms with Gasteiger partial charge in [0.2, 0.25) is 11.1 Å². The van der Waals surface area contributed by atoms with Gasteiger partial charge >= 0.3 is 0 Å². The summed E-state index contributed by atoms with van der Waals surface area (Å²) in [4.78, 5) is 11.7. The van der Waals surface area contributed by atoms with E-state index in [9.17, 15) is 4.79 Å². The molecule has 2 aromatic rings. The number of carbonyl (C=O) groups excluding carboxylic acids is 1. The largest absolute Gasteiger partial charge is 0.383 e. The molecule has 7 nitrogen and oxygen atoms in total. The molecule has 1 aromatic carbocycles. The molecule has 1 heterocycles. The van der Waals surface area contributed by atoms with Gasteiger partial charge in [0.05, 0.1) is 12.4 Å². The Balaban J connectivity index is 2.02. The first-order chi connectivity index (χ1) is 11.8. The van der Waals surface area contributed by atoms with Gasteiger partial charge in [-0.15, -0.1) is 10.2 Å². The second kappa shape index (κ2) is 8.35. The normalized spacial score (nSPS) is 11.5. The van der Waals surface area contributed by atoms with Crippen molar-refractivity contribution in [3.63, 3.8) is 0 Å². The van der Waals surface area contributed by atoms with Gasteiger partial charge in [-0.05, 0) is 11.0 Å². The second-order valence-corrected chi connectivity index (χ2v) is 7.58. The van der Waals surface area contributed by atoms with Crippen LogP contribution < -0.4 is 11.2 Å². The summed E-state index contributed by atoms with van der Waals surface area (Å²) in [6.07, 6.45) is 0. The van der Waals surface area contributed by atoms with E-state index in [-0.39, 0.29) is 17.1 Å². The van der Waals surface area contributed by atoms with Crippen molar-refractivity contribution >= 4 is 17.7 Å². The van der Waals surface area contributed by atoms with Crippen molar-refractivity contribution in [2.45, 2.75) is 31.3 Å². The molecule has 136 valence electrons. The first kappa shape index (κ1) is 19.3. The number of hydrogen-bond donors (Lipinski definition) is 2. The first-order valence-corrected chi connectivity index (χ1v) is 9.01. The molecule has 0 bridgehead atoms. The number of aromatic nitrogens is 3. The molecule has 8 heteroatoms. The lowest BCUT2D eigenvalue weighted by Gasteiger charge is -2.19. The molecule has 3 N–H and O–H groups in total. The fourth-order valence-electron chi connectivity index (χ4n) is 2.17. The van der Waals surface area contributed by atoms with Gasteiger partial charge in [0.1, 0.15) is 0 Å². The third-order valence-corrected chi connectivity index (χ3v) is 4.58. The van der Waals surface area contributed by atoms with E-state index in [1.54, 1.807) is 7.11 Å². The molecule has 0 saturated heterocycles. The van der Waals surface area contributed by atoms with Gasteiger partial charge in [-0.3, -0.25) is 4.79 Å². The highest BCUT2D eigenvalue weighted by Gasteiger charge is 2.16. The highest BCUT2D eigenvalue weighted by atomic mass is 32.2. The summed E-state index contributed by atoms with van der Waals surface area (Å²) in [5.41, 5.74) is 2.22. The Kier molecular flexibility index (Phi) is 6.44. The Labute approximate surface area is 152 Å². The number of hydrogen-bond acceptors (Lipinski definition) is 6. The fourth-order valence-corrected chi connectivity index (χ4v) is 2.85. The van der Waals surface area contributed by atoms with Crippen LogP contribution in [0.5, 0.6) is 0 Å². The molecule has 25 heavy (non-hydrogen) atoms. The van der Waals surface area contributed by atoms with Gasteiger partial charge in [0.15, 0.2) is 5.82 Å².